The molecule has 3 N–H and O–H groups in total. The zero-order chi connectivity index (χ0) is 24.9. The molecule has 2 aliphatic rings. The molecule has 180 valence electrons. The summed E-state index contributed by atoms with van der Waals surface area (Å²) < 4.78 is 55.1. The number of ketones is 1. The van der Waals surface area contributed by atoms with Gasteiger partial charge in [0.15, 0.2) is 11.6 Å². The van der Waals surface area contributed by atoms with E-state index in [1.165, 1.54) is 12.1 Å². The SMILES string of the molecule is CCCCC1(C)C(=O)C(C2=NS(=O)(=O)c3cc(NS(C)(=O)=O)ccc3N2)=C(O)c2ccccc21. The monoisotopic (exact) mass is 503 g/mol. The number of fused-ring (bicyclic) bond motifs is 2. The second-order valence-electron chi connectivity index (χ2n) is 8.66. The molecule has 0 spiro atoms. The van der Waals surface area contributed by atoms with Gasteiger partial charge < -0.3 is 10.4 Å². The van der Waals surface area contributed by atoms with Gasteiger partial charge in [0.1, 0.15) is 16.2 Å². The van der Waals surface area contributed by atoms with Crippen LogP contribution in [0.2, 0.25) is 0 Å². The van der Waals surface area contributed by atoms with Gasteiger partial charge in [-0.1, -0.05) is 44.0 Å². The average molecular weight is 504 g/mol. The molecule has 1 atom stereocenters. The van der Waals surface area contributed by atoms with Gasteiger partial charge in [-0.25, -0.2) is 8.42 Å². The van der Waals surface area contributed by atoms with Gasteiger partial charge in [-0.05, 0) is 37.1 Å². The van der Waals surface area contributed by atoms with Gasteiger partial charge >= 0.3 is 0 Å². The van der Waals surface area contributed by atoms with Crippen molar-refractivity contribution in [1.82, 2.24) is 0 Å². The first-order chi connectivity index (χ1) is 15.9. The molecule has 4 rings (SSSR count). The molecular weight excluding hydrogens is 478 g/mol. The van der Waals surface area contributed by atoms with Crippen molar-refractivity contribution in [1.29, 1.82) is 0 Å². The Morgan fingerprint density at radius 1 is 1.18 bits per heavy atom. The van der Waals surface area contributed by atoms with Crippen molar-refractivity contribution in [3.05, 3.63) is 59.2 Å². The third-order valence-electron chi connectivity index (χ3n) is 6.04. The van der Waals surface area contributed by atoms with Crippen LogP contribution in [0.5, 0.6) is 0 Å². The van der Waals surface area contributed by atoms with E-state index in [0.29, 0.717) is 17.5 Å². The standard InChI is InChI=1S/C23H25N3O6S2/c1-4-5-12-23(2)16-9-7-6-8-15(16)20(27)19(21(23)28)22-24-17-11-10-14(25-33(3,29)30)13-18(17)34(31,32)26-22/h6-11,13,25,27H,4-5,12H2,1-3H3,(H,24,26). The minimum Gasteiger partial charge on any atom is -0.506 e. The Bertz CT molecular complexity index is 1480. The zero-order valence-electron chi connectivity index (χ0n) is 18.9. The molecular formula is C23H25N3O6S2. The van der Waals surface area contributed by atoms with Gasteiger partial charge in [0.05, 0.1) is 17.4 Å². The molecule has 1 unspecified atom stereocenters. The molecule has 0 aromatic heterocycles. The maximum atomic E-state index is 13.7. The summed E-state index contributed by atoms with van der Waals surface area (Å²) in [5.41, 5.74) is 0.159. The average Bonchev–Trinajstić information content (AvgIpc) is 2.76. The number of sulfonamides is 2. The Morgan fingerprint density at radius 3 is 2.56 bits per heavy atom. The van der Waals surface area contributed by atoms with Crippen LogP contribution in [0.4, 0.5) is 11.4 Å². The number of nitrogens with zero attached hydrogens (tertiary/aromatic N) is 1. The van der Waals surface area contributed by atoms with Crippen molar-refractivity contribution < 1.29 is 26.7 Å². The minimum absolute atomic E-state index is 0.0575. The van der Waals surface area contributed by atoms with Crippen LogP contribution in [0, 0.1) is 0 Å². The van der Waals surface area contributed by atoms with Crippen LogP contribution in [0.25, 0.3) is 5.76 Å². The number of unbranched alkanes of at least 4 members (excludes halogenated alkanes) is 1. The predicted molar refractivity (Wildman–Crippen MR) is 131 cm³/mol. The first kappa shape index (κ1) is 24.0. The molecule has 0 saturated carbocycles. The van der Waals surface area contributed by atoms with Crippen molar-refractivity contribution in [2.75, 3.05) is 16.3 Å². The fraction of sp³-hybridized carbons (Fsp3) is 0.304. The zero-order valence-corrected chi connectivity index (χ0v) is 20.5. The van der Waals surface area contributed by atoms with E-state index in [4.69, 9.17) is 0 Å². The summed E-state index contributed by atoms with van der Waals surface area (Å²) in [4.78, 5) is 13.5. The number of hydrogen-bond acceptors (Lipinski definition) is 7. The van der Waals surface area contributed by atoms with Crippen LogP contribution in [0.15, 0.2) is 57.3 Å². The molecule has 2 aromatic carbocycles. The Morgan fingerprint density at radius 2 is 1.88 bits per heavy atom. The summed E-state index contributed by atoms with van der Waals surface area (Å²) in [6, 6.07) is 10.9. The summed E-state index contributed by atoms with van der Waals surface area (Å²) >= 11 is 0. The number of anilines is 2. The number of hydrogen-bond donors (Lipinski definition) is 3. The Kier molecular flexibility index (Phi) is 5.81. The third-order valence-corrected chi connectivity index (χ3v) is 7.96. The summed E-state index contributed by atoms with van der Waals surface area (Å²) in [6.07, 6.45) is 3.10. The van der Waals surface area contributed by atoms with Crippen LogP contribution in [-0.2, 0) is 30.3 Å². The molecule has 0 radical (unpaired) electrons. The van der Waals surface area contributed by atoms with Crippen LogP contribution >= 0.6 is 0 Å². The quantitative estimate of drug-likeness (QED) is 0.547. The maximum Gasteiger partial charge on any atom is 0.286 e. The predicted octanol–water partition coefficient (Wildman–Crippen LogP) is 3.57. The number of aliphatic hydroxyl groups is 1. The smallest absolute Gasteiger partial charge is 0.286 e. The van der Waals surface area contributed by atoms with E-state index in [2.05, 4.69) is 14.4 Å². The first-order valence-corrected chi connectivity index (χ1v) is 14.0. The van der Waals surface area contributed by atoms with Crippen LogP contribution in [0.3, 0.4) is 0 Å². The van der Waals surface area contributed by atoms with Gasteiger partial charge in [0, 0.05) is 11.3 Å². The lowest BCUT2D eigenvalue weighted by atomic mass is 9.67. The molecule has 0 fully saturated rings. The van der Waals surface area contributed by atoms with E-state index in [-0.39, 0.29) is 33.4 Å². The van der Waals surface area contributed by atoms with Gasteiger partial charge in [-0.15, -0.1) is 4.40 Å². The van der Waals surface area contributed by atoms with Crippen molar-refractivity contribution in [3.8, 4) is 0 Å². The van der Waals surface area contributed by atoms with Crippen molar-refractivity contribution in [2.24, 2.45) is 4.40 Å². The van der Waals surface area contributed by atoms with E-state index in [9.17, 15) is 26.7 Å². The van der Waals surface area contributed by atoms with Crippen molar-refractivity contribution in [2.45, 2.75) is 43.4 Å². The van der Waals surface area contributed by atoms with Gasteiger partial charge in [0.25, 0.3) is 10.0 Å². The second-order valence-corrected chi connectivity index (χ2v) is 12.0. The fourth-order valence-corrected chi connectivity index (χ4v) is 6.06. The number of Topliss-reactive ketones (excluding diaryl/α,β-unsaturated/α-hetero) is 1. The highest BCUT2D eigenvalue weighted by Crippen LogP contribution is 2.44. The Labute approximate surface area is 198 Å². The van der Waals surface area contributed by atoms with Gasteiger partial charge in [-0.3, -0.25) is 9.52 Å². The number of nitrogens with one attached hydrogen (secondary N) is 2. The number of carbonyl (C=O) groups excluding carboxylic acids is 1. The molecule has 11 heteroatoms. The summed E-state index contributed by atoms with van der Waals surface area (Å²) in [7, 11) is -7.92. The lowest BCUT2D eigenvalue weighted by Gasteiger charge is -2.36. The lowest BCUT2D eigenvalue weighted by molar-refractivity contribution is -0.120. The van der Waals surface area contributed by atoms with Crippen molar-refractivity contribution >= 4 is 48.8 Å². The summed E-state index contributed by atoms with van der Waals surface area (Å²) in [5.74, 6) is -1.02. The Hall–Kier alpha value is -3.18. The maximum absolute atomic E-state index is 13.7. The van der Waals surface area contributed by atoms with Gasteiger partial charge in [0.2, 0.25) is 10.0 Å². The number of amidine groups is 1. The van der Waals surface area contributed by atoms with Crippen LogP contribution < -0.4 is 10.0 Å². The van der Waals surface area contributed by atoms with E-state index >= 15 is 0 Å². The highest BCUT2D eigenvalue weighted by molar-refractivity contribution is 7.92. The van der Waals surface area contributed by atoms with E-state index in [0.717, 1.165) is 25.2 Å². The summed E-state index contributed by atoms with van der Waals surface area (Å²) in [6.45, 7) is 3.81. The van der Waals surface area contributed by atoms with Crippen LogP contribution in [-0.4, -0.2) is 39.8 Å². The first-order valence-electron chi connectivity index (χ1n) is 10.7. The topological polar surface area (TPSA) is 142 Å². The summed E-state index contributed by atoms with van der Waals surface area (Å²) in [5, 5.41) is 13.9. The molecule has 0 saturated heterocycles. The highest BCUT2D eigenvalue weighted by atomic mass is 32.2. The molecule has 1 aliphatic heterocycles. The van der Waals surface area contributed by atoms with Gasteiger partial charge in [-0.2, -0.15) is 8.42 Å². The second kappa shape index (κ2) is 8.24. The number of rotatable bonds is 6. The largest absolute Gasteiger partial charge is 0.506 e. The lowest BCUT2D eigenvalue weighted by Crippen LogP contribution is -2.42. The van der Waals surface area contributed by atoms with E-state index in [1.54, 1.807) is 31.2 Å². The normalized spacial score (nSPS) is 21.3. The molecule has 9 nitrogen and oxygen atoms in total. The molecule has 0 amide bonds. The molecule has 1 aliphatic carbocycles. The van der Waals surface area contributed by atoms with Crippen LogP contribution in [0.1, 0.15) is 44.2 Å². The number of aliphatic hydroxyl groups excluding tert-OH is 1. The van der Waals surface area contributed by atoms with E-state index < -0.39 is 31.2 Å². The third kappa shape index (κ3) is 4.09. The Balaban J connectivity index is 1.85. The molecule has 34 heavy (non-hydrogen) atoms. The van der Waals surface area contributed by atoms with Crippen molar-refractivity contribution in [3.63, 3.8) is 0 Å². The number of carbonyl (C=O) groups is 1. The minimum atomic E-state index is -4.30. The molecule has 2 aromatic rings. The fourth-order valence-electron chi connectivity index (χ4n) is 4.35. The molecule has 1 heterocycles. The number of benzene rings is 2. The highest BCUT2D eigenvalue weighted by Gasteiger charge is 2.46. The molecule has 0 bridgehead atoms. The van der Waals surface area contributed by atoms with E-state index in [1.807, 2.05) is 6.92 Å².